The normalized spacial score (nSPS) is 15.4. The predicted octanol–water partition coefficient (Wildman–Crippen LogP) is 6.55. The first kappa shape index (κ1) is 21.6. The number of benzene rings is 3. The first-order valence-corrected chi connectivity index (χ1v) is 12.1. The van der Waals surface area contributed by atoms with Crippen LogP contribution in [0, 0.1) is 5.92 Å². The number of thioether (sulfide) groups is 1. The maximum atomic E-state index is 13.1. The van der Waals surface area contributed by atoms with E-state index in [1.54, 1.807) is 4.90 Å². The molecular weight excluding hydrogens is 446 g/mol. The molecule has 0 bridgehead atoms. The van der Waals surface area contributed by atoms with Crippen LogP contribution in [0.3, 0.4) is 0 Å². The van der Waals surface area contributed by atoms with E-state index in [1.807, 2.05) is 59.4 Å². The topological polar surface area (TPSA) is 38.1 Å². The van der Waals surface area contributed by atoms with Crippen molar-refractivity contribution in [1.29, 1.82) is 0 Å². The van der Waals surface area contributed by atoms with Gasteiger partial charge in [0, 0.05) is 23.9 Å². The lowest BCUT2D eigenvalue weighted by molar-refractivity contribution is -0.122. The molecule has 1 fully saturated rings. The van der Waals surface area contributed by atoms with E-state index in [9.17, 15) is 4.79 Å². The monoisotopic (exact) mass is 469 g/mol. The first-order chi connectivity index (χ1) is 16.0. The fourth-order valence-electron chi connectivity index (χ4n) is 3.93. The molecule has 5 rings (SSSR count). The number of carbonyl (C=O) groups excluding carboxylic acids is 1. The van der Waals surface area contributed by atoms with Gasteiger partial charge in [0.1, 0.15) is 10.0 Å². The molecule has 164 valence electrons. The number of thiocarbonyl (C=S) groups is 1. The summed E-state index contributed by atoms with van der Waals surface area (Å²) in [6.45, 7) is 4.80. The van der Waals surface area contributed by atoms with Crippen molar-refractivity contribution in [3.05, 3.63) is 89.5 Å². The van der Waals surface area contributed by atoms with Crippen LogP contribution in [-0.2, 0) is 4.79 Å². The Kier molecular flexibility index (Phi) is 5.87. The van der Waals surface area contributed by atoms with Gasteiger partial charge in [0.25, 0.3) is 5.91 Å². The van der Waals surface area contributed by atoms with Crippen molar-refractivity contribution in [2.24, 2.45) is 5.92 Å². The maximum Gasteiger partial charge on any atom is 0.266 e. The van der Waals surface area contributed by atoms with Gasteiger partial charge < -0.3 is 0 Å². The number of hydrogen-bond donors (Lipinski definition) is 0. The van der Waals surface area contributed by atoms with E-state index in [0.717, 1.165) is 27.9 Å². The third-order valence-corrected chi connectivity index (χ3v) is 6.87. The minimum absolute atomic E-state index is 0.0318. The largest absolute Gasteiger partial charge is 0.293 e. The Hall–Kier alpha value is -3.22. The van der Waals surface area contributed by atoms with Crippen LogP contribution in [0.5, 0.6) is 0 Å². The molecule has 4 aromatic rings. The average Bonchev–Trinajstić information content (AvgIpc) is 3.36. The summed E-state index contributed by atoms with van der Waals surface area (Å²) in [6, 6.07) is 24.6. The molecule has 1 aliphatic heterocycles. The molecule has 4 nitrogen and oxygen atoms in total. The van der Waals surface area contributed by atoms with Crippen LogP contribution in [0.1, 0.15) is 19.4 Å². The maximum absolute atomic E-state index is 13.1. The number of para-hydroxylation sites is 1. The fourth-order valence-corrected chi connectivity index (χ4v) is 5.20. The highest BCUT2D eigenvalue weighted by Gasteiger charge is 2.32. The number of amides is 1. The van der Waals surface area contributed by atoms with Gasteiger partial charge in [-0.25, -0.2) is 4.68 Å². The van der Waals surface area contributed by atoms with Gasteiger partial charge in [0.05, 0.1) is 10.6 Å². The Morgan fingerprint density at radius 3 is 2.48 bits per heavy atom. The second-order valence-corrected chi connectivity index (χ2v) is 10.1. The highest BCUT2D eigenvalue weighted by atomic mass is 32.2. The lowest BCUT2D eigenvalue weighted by atomic mass is 10.0. The SMILES string of the molecule is CC(C)CN1C(=O)C(=Cc2cn(-c3ccccc3)nc2-c2ccc3ccccc3c2)SC1=S. The summed E-state index contributed by atoms with van der Waals surface area (Å²) in [7, 11) is 0. The molecule has 0 spiro atoms. The molecule has 0 radical (unpaired) electrons. The van der Waals surface area contributed by atoms with Gasteiger partial charge in [0.15, 0.2) is 0 Å². The third-order valence-electron chi connectivity index (χ3n) is 5.49. The second kappa shape index (κ2) is 8.96. The molecule has 1 aromatic heterocycles. The Morgan fingerprint density at radius 1 is 1.00 bits per heavy atom. The zero-order valence-corrected chi connectivity index (χ0v) is 20.1. The van der Waals surface area contributed by atoms with Crippen LogP contribution in [-0.4, -0.2) is 31.5 Å². The number of hydrogen-bond acceptors (Lipinski definition) is 4. The minimum Gasteiger partial charge on any atom is -0.293 e. The molecule has 0 atom stereocenters. The van der Waals surface area contributed by atoms with Crippen LogP contribution in [0.15, 0.2) is 83.9 Å². The third kappa shape index (κ3) is 4.36. The van der Waals surface area contributed by atoms with Crippen LogP contribution in [0.25, 0.3) is 33.8 Å². The minimum atomic E-state index is -0.0318. The van der Waals surface area contributed by atoms with E-state index in [-0.39, 0.29) is 5.91 Å². The summed E-state index contributed by atoms with van der Waals surface area (Å²) in [5.41, 5.74) is 3.69. The van der Waals surface area contributed by atoms with E-state index < -0.39 is 0 Å². The molecule has 0 saturated carbocycles. The lowest BCUT2D eigenvalue weighted by Crippen LogP contribution is -2.31. The standard InChI is InChI=1S/C27H23N3OS2/c1-18(2)16-29-26(31)24(33-27(29)32)15-22-17-30(23-10-4-3-5-11-23)28-25(22)21-13-12-19-8-6-7-9-20(19)14-21/h3-15,17-18H,16H2,1-2H3. The zero-order valence-electron chi connectivity index (χ0n) is 18.4. The zero-order chi connectivity index (χ0) is 22.9. The first-order valence-electron chi connectivity index (χ1n) is 10.9. The number of nitrogens with zero attached hydrogens (tertiary/aromatic N) is 3. The van der Waals surface area contributed by atoms with E-state index in [2.05, 4.69) is 44.2 Å². The van der Waals surface area contributed by atoms with Gasteiger partial charge in [-0.3, -0.25) is 9.69 Å². The predicted molar refractivity (Wildman–Crippen MR) is 141 cm³/mol. The molecule has 2 heterocycles. The van der Waals surface area contributed by atoms with Gasteiger partial charge >= 0.3 is 0 Å². The van der Waals surface area contributed by atoms with Crippen molar-refractivity contribution in [2.45, 2.75) is 13.8 Å². The Labute approximate surface area is 202 Å². The number of carbonyl (C=O) groups is 1. The summed E-state index contributed by atoms with van der Waals surface area (Å²) in [5, 5.41) is 7.25. The number of fused-ring (bicyclic) bond motifs is 1. The molecule has 33 heavy (non-hydrogen) atoms. The van der Waals surface area contributed by atoms with Crippen molar-refractivity contribution in [3.63, 3.8) is 0 Å². The van der Waals surface area contributed by atoms with Gasteiger partial charge in [-0.05, 0) is 41.0 Å². The smallest absolute Gasteiger partial charge is 0.266 e. The summed E-state index contributed by atoms with van der Waals surface area (Å²) in [4.78, 5) is 15.4. The molecule has 6 heteroatoms. The fraction of sp³-hybridized carbons (Fsp3) is 0.148. The highest BCUT2D eigenvalue weighted by Crippen LogP contribution is 2.35. The van der Waals surface area contributed by atoms with Crippen molar-refractivity contribution in [2.75, 3.05) is 6.54 Å². The van der Waals surface area contributed by atoms with Crippen molar-refractivity contribution >= 4 is 51.1 Å². The number of rotatable bonds is 5. The van der Waals surface area contributed by atoms with Crippen molar-refractivity contribution < 1.29 is 4.79 Å². The summed E-state index contributed by atoms with van der Waals surface area (Å²) >= 11 is 6.86. The summed E-state index contributed by atoms with van der Waals surface area (Å²) in [6.07, 6.45) is 3.91. The van der Waals surface area contributed by atoms with Crippen LogP contribution < -0.4 is 0 Å². The number of aromatic nitrogens is 2. The van der Waals surface area contributed by atoms with Crippen LogP contribution in [0.2, 0.25) is 0 Å². The van der Waals surface area contributed by atoms with E-state index >= 15 is 0 Å². The van der Waals surface area contributed by atoms with Gasteiger partial charge in [-0.1, -0.05) is 92.4 Å². The molecular formula is C27H23N3OS2. The van der Waals surface area contributed by atoms with E-state index in [1.165, 1.54) is 17.1 Å². The molecule has 1 saturated heterocycles. The lowest BCUT2D eigenvalue weighted by Gasteiger charge is -2.16. The summed E-state index contributed by atoms with van der Waals surface area (Å²) < 4.78 is 2.48. The molecule has 0 aliphatic carbocycles. The van der Waals surface area contributed by atoms with Crippen molar-refractivity contribution in [3.8, 4) is 16.9 Å². The van der Waals surface area contributed by atoms with E-state index in [0.29, 0.717) is 21.7 Å². The average molecular weight is 470 g/mol. The Morgan fingerprint density at radius 2 is 1.73 bits per heavy atom. The van der Waals surface area contributed by atoms with Crippen LogP contribution in [0.4, 0.5) is 0 Å². The van der Waals surface area contributed by atoms with Crippen LogP contribution >= 0.6 is 24.0 Å². The summed E-state index contributed by atoms with van der Waals surface area (Å²) in [5.74, 6) is 0.316. The highest BCUT2D eigenvalue weighted by molar-refractivity contribution is 8.26. The molecule has 0 unspecified atom stereocenters. The second-order valence-electron chi connectivity index (χ2n) is 8.46. The molecule has 1 aliphatic rings. The molecule has 3 aromatic carbocycles. The van der Waals surface area contributed by atoms with Gasteiger partial charge in [-0.2, -0.15) is 5.10 Å². The molecule has 0 N–H and O–H groups in total. The Bertz CT molecular complexity index is 1390. The van der Waals surface area contributed by atoms with Crippen molar-refractivity contribution in [1.82, 2.24) is 14.7 Å². The molecule has 1 amide bonds. The van der Waals surface area contributed by atoms with E-state index in [4.69, 9.17) is 17.3 Å². The Balaban J connectivity index is 1.61. The van der Waals surface area contributed by atoms with Gasteiger partial charge in [-0.15, -0.1) is 0 Å². The quantitative estimate of drug-likeness (QED) is 0.245. The van der Waals surface area contributed by atoms with Gasteiger partial charge in [0.2, 0.25) is 0 Å².